The molecule has 0 atom stereocenters. The average Bonchev–Trinajstić information content (AvgIpc) is 2.43. The first-order valence-electron chi connectivity index (χ1n) is 6.62. The lowest BCUT2D eigenvalue weighted by molar-refractivity contribution is -0.524. The number of hydrogen-bond acceptors (Lipinski definition) is 2. The fourth-order valence-electron chi connectivity index (χ4n) is 2.34. The monoisotopic (exact) mass is 283 g/mol. The lowest BCUT2D eigenvalue weighted by Crippen LogP contribution is -3.00. The van der Waals surface area contributed by atoms with E-state index in [1.807, 2.05) is 0 Å². The third-order valence-electron chi connectivity index (χ3n) is 3.43. The van der Waals surface area contributed by atoms with Crippen molar-refractivity contribution in [3.05, 3.63) is 23.3 Å². The van der Waals surface area contributed by atoms with Gasteiger partial charge in [-0.15, -0.1) is 0 Å². The van der Waals surface area contributed by atoms with Crippen LogP contribution in [-0.2, 0) is 6.42 Å². The molecule has 0 aromatic heterocycles. The summed E-state index contributed by atoms with van der Waals surface area (Å²) in [7, 11) is 3.37. The van der Waals surface area contributed by atoms with Crippen LogP contribution in [0, 0.1) is 0 Å². The van der Waals surface area contributed by atoms with E-state index in [1.54, 1.807) is 14.2 Å². The van der Waals surface area contributed by atoms with E-state index in [1.165, 1.54) is 24.0 Å². The summed E-state index contributed by atoms with van der Waals surface area (Å²) >= 11 is 0. The molecule has 1 aliphatic heterocycles. The van der Waals surface area contributed by atoms with Crippen molar-refractivity contribution >= 4 is 6.21 Å². The van der Waals surface area contributed by atoms with E-state index in [2.05, 4.69) is 29.8 Å². The number of fused-ring (bicyclic) bond motifs is 1. The maximum absolute atomic E-state index is 5.36. The summed E-state index contributed by atoms with van der Waals surface area (Å²) in [6, 6.07) is 4.17. The van der Waals surface area contributed by atoms with Gasteiger partial charge < -0.3 is 21.9 Å². The molecule has 3 nitrogen and oxygen atoms in total. The van der Waals surface area contributed by atoms with E-state index < -0.39 is 0 Å². The first-order chi connectivity index (χ1) is 8.78. The van der Waals surface area contributed by atoms with E-state index in [4.69, 9.17) is 9.47 Å². The van der Waals surface area contributed by atoms with Gasteiger partial charge in [-0.3, -0.25) is 0 Å². The highest BCUT2D eigenvalue weighted by Gasteiger charge is 2.18. The van der Waals surface area contributed by atoms with Gasteiger partial charge in [0, 0.05) is 18.4 Å². The van der Waals surface area contributed by atoms with Crippen molar-refractivity contribution in [1.29, 1.82) is 0 Å². The average molecular weight is 284 g/mol. The molecule has 0 unspecified atom stereocenters. The highest BCUT2D eigenvalue weighted by atomic mass is 35.5. The third kappa shape index (κ3) is 3.63. The van der Waals surface area contributed by atoms with Crippen LogP contribution in [0.25, 0.3) is 0 Å². The third-order valence-corrected chi connectivity index (χ3v) is 3.43. The van der Waals surface area contributed by atoms with Gasteiger partial charge in [-0.25, -0.2) is 4.58 Å². The molecule has 0 bridgehead atoms. The molecule has 4 heteroatoms. The second kappa shape index (κ2) is 7.39. The molecule has 0 saturated heterocycles. The van der Waals surface area contributed by atoms with Crippen LogP contribution >= 0.6 is 0 Å². The Morgan fingerprint density at radius 1 is 1.16 bits per heavy atom. The summed E-state index contributed by atoms with van der Waals surface area (Å²) in [4.78, 5) is 0. The van der Waals surface area contributed by atoms with Crippen LogP contribution < -0.4 is 21.9 Å². The van der Waals surface area contributed by atoms with Crippen LogP contribution in [0.1, 0.15) is 30.9 Å². The van der Waals surface area contributed by atoms with E-state index in [0.717, 1.165) is 31.0 Å². The number of ether oxygens (including phenoxy) is 2. The van der Waals surface area contributed by atoms with Gasteiger partial charge in [0.15, 0.2) is 17.7 Å². The highest BCUT2D eigenvalue weighted by molar-refractivity contribution is 5.80. The number of benzene rings is 1. The maximum atomic E-state index is 5.36. The molecule has 0 radical (unpaired) electrons. The molecular formula is C15H22ClNO2. The van der Waals surface area contributed by atoms with Crippen LogP contribution in [0.3, 0.4) is 0 Å². The Balaban J connectivity index is 0.00000180. The van der Waals surface area contributed by atoms with Crippen molar-refractivity contribution in [2.24, 2.45) is 0 Å². The van der Waals surface area contributed by atoms with Crippen LogP contribution in [0.4, 0.5) is 0 Å². The van der Waals surface area contributed by atoms with E-state index >= 15 is 0 Å². The Bertz CT molecular complexity index is 458. The molecule has 19 heavy (non-hydrogen) atoms. The summed E-state index contributed by atoms with van der Waals surface area (Å²) in [5.41, 5.74) is 2.61. The van der Waals surface area contributed by atoms with Crippen molar-refractivity contribution in [1.82, 2.24) is 0 Å². The molecule has 106 valence electrons. The first-order valence-corrected chi connectivity index (χ1v) is 6.62. The van der Waals surface area contributed by atoms with Gasteiger partial charge in [0.2, 0.25) is 0 Å². The van der Waals surface area contributed by atoms with Crippen molar-refractivity contribution in [3.63, 3.8) is 0 Å². The fraction of sp³-hybridized carbons (Fsp3) is 0.533. The topological polar surface area (TPSA) is 21.5 Å². The van der Waals surface area contributed by atoms with Gasteiger partial charge in [-0.05, 0) is 17.7 Å². The second-order valence-electron chi connectivity index (χ2n) is 4.67. The Hall–Kier alpha value is -1.22. The quantitative estimate of drug-likeness (QED) is 0.680. The van der Waals surface area contributed by atoms with Gasteiger partial charge in [0.25, 0.3) is 0 Å². The molecule has 0 spiro atoms. The van der Waals surface area contributed by atoms with Crippen molar-refractivity contribution in [2.45, 2.75) is 26.2 Å². The number of rotatable bonds is 5. The Kier molecular flexibility index (Phi) is 6.16. The van der Waals surface area contributed by atoms with Crippen LogP contribution in [0.5, 0.6) is 11.5 Å². The highest BCUT2D eigenvalue weighted by Crippen LogP contribution is 2.31. The van der Waals surface area contributed by atoms with E-state index in [0.29, 0.717) is 0 Å². The molecular weight excluding hydrogens is 262 g/mol. The number of hydrogen-bond donors (Lipinski definition) is 0. The zero-order valence-electron chi connectivity index (χ0n) is 11.9. The molecule has 0 fully saturated rings. The molecule has 1 heterocycles. The van der Waals surface area contributed by atoms with Crippen molar-refractivity contribution in [3.8, 4) is 11.5 Å². The van der Waals surface area contributed by atoms with Gasteiger partial charge in [-0.1, -0.05) is 13.3 Å². The largest absolute Gasteiger partial charge is 1.00 e. The van der Waals surface area contributed by atoms with Crippen LogP contribution in [0.15, 0.2) is 12.1 Å². The van der Waals surface area contributed by atoms with E-state index in [9.17, 15) is 0 Å². The summed E-state index contributed by atoms with van der Waals surface area (Å²) < 4.78 is 13.1. The van der Waals surface area contributed by atoms with Gasteiger partial charge in [0.1, 0.15) is 13.1 Å². The minimum Gasteiger partial charge on any atom is -1.00 e. The van der Waals surface area contributed by atoms with Crippen LogP contribution in [0.2, 0.25) is 0 Å². The first kappa shape index (κ1) is 15.8. The summed E-state index contributed by atoms with van der Waals surface area (Å²) in [6.07, 6.45) is 5.81. The van der Waals surface area contributed by atoms with Gasteiger partial charge in [-0.2, -0.15) is 0 Å². The summed E-state index contributed by atoms with van der Waals surface area (Å²) in [5.74, 6) is 1.64. The summed E-state index contributed by atoms with van der Waals surface area (Å²) in [5, 5.41) is 0. The van der Waals surface area contributed by atoms with E-state index in [-0.39, 0.29) is 12.4 Å². The molecule has 2 rings (SSSR count). The molecule has 0 aliphatic carbocycles. The molecule has 1 aliphatic rings. The number of halogens is 1. The Morgan fingerprint density at radius 3 is 2.47 bits per heavy atom. The molecule has 1 aromatic rings. The predicted molar refractivity (Wildman–Crippen MR) is 73.3 cm³/mol. The molecule has 1 aromatic carbocycles. The van der Waals surface area contributed by atoms with Gasteiger partial charge in [0.05, 0.1) is 14.2 Å². The van der Waals surface area contributed by atoms with Crippen molar-refractivity contribution in [2.75, 3.05) is 27.3 Å². The lowest BCUT2D eigenvalue weighted by atomic mass is 10.0. The maximum Gasteiger partial charge on any atom is 0.171 e. The lowest BCUT2D eigenvalue weighted by Gasteiger charge is -2.15. The molecule has 0 amide bonds. The fourth-order valence-corrected chi connectivity index (χ4v) is 2.34. The minimum absolute atomic E-state index is 0. The Morgan fingerprint density at radius 2 is 1.84 bits per heavy atom. The molecule has 0 N–H and O–H groups in total. The normalized spacial score (nSPS) is 13.1. The number of unbranched alkanes of at least 4 members (excludes halogenated alkanes) is 1. The standard InChI is InChI=1S/C15H22NO2.ClH/c1-4-5-7-16-8-6-12-9-14(17-2)15(18-3)10-13(12)11-16;/h9-11H,4-8H2,1-3H3;1H/q+1;/p-1. The van der Waals surface area contributed by atoms with Crippen LogP contribution in [-0.4, -0.2) is 38.1 Å². The summed E-state index contributed by atoms with van der Waals surface area (Å²) in [6.45, 7) is 4.47. The minimum atomic E-state index is 0. The predicted octanol–water partition coefficient (Wildman–Crippen LogP) is -0.505. The zero-order valence-corrected chi connectivity index (χ0v) is 12.7. The van der Waals surface area contributed by atoms with Crippen molar-refractivity contribution < 1.29 is 26.5 Å². The van der Waals surface area contributed by atoms with Gasteiger partial charge >= 0.3 is 0 Å². The Labute approximate surface area is 121 Å². The SMILES string of the molecule is CCCC[N+]1=Cc2cc(OC)c(OC)cc2CC1.[Cl-]. The second-order valence-corrected chi connectivity index (χ2v) is 4.67. The number of methoxy groups -OCH3 is 2. The molecule has 0 saturated carbocycles. The number of nitrogens with zero attached hydrogens (tertiary/aromatic N) is 1. The smallest absolute Gasteiger partial charge is 0.171 e. The zero-order chi connectivity index (χ0) is 13.0.